The van der Waals surface area contributed by atoms with Crippen molar-refractivity contribution in [1.29, 1.82) is 0 Å². The van der Waals surface area contributed by atoms with E-state index in [0.29, 0.717) is 19.6 Å². The fourth-order valence-corrected chi connectivity index (χ4v) is 3.20. The number of rotatable bonds is 9. The Kier molecular flexibility index (Phi) is 7.25. The summed E-state index contributed by atoms with van der Waals surface area (Å²) >= 11 is 0. The molecule has 1 aromatic heterocycles. The van der Waals surface area contributed by atoms with Crippen LogP contribution < -0.4 is 10.1 Å². The molecule has 0 fully saturated rings. The van der Waals surface area contributed by atoms with Crippen LogP contribution in [0.2, 0.25) is 0 Å². The first kappa shape index (κ1) is 21.6. The van der Waals surface area contributed by atoms with Crippen LogP contribution in [0.5, 0.6) is 5.75 Å². The first-order valence-electron chi connectivity index (χ1n) is 10.2. The molecule has 0 aliphatic rings. The molecular formula is C24H30N4O2. The van der Waals surface area contributed by atoms with E-state index in [0.717, 1.165) is 35.1 Å². The van der Waals surface area contributed by atoms with Crippen LogP contribution in [0.4, 0.5) is 5.69 Å². The molecule has 30 heavy (non-hydrogen) atoms. The maximum Gasteiger partial charge on any atom is 0.225 e. The van der Waals surface area contributed by atoms with Crippen LogP contribution in [0.25, 0.3) is 5.69 Å². The second kappa shape index (κ2) is 10.1. The number of amides is 1. The number of ether oxygens (including phenoxy) is 1. The highest BCUT2D eigenvalue weighted by Gasteiger charge is 2.15. The molecule has 0 aliphatic carbocycles. The van der Waals surface area contributed by atoms with Gasteiger partial charge < -0.3 is 15.0 Å². The normalized spacial score (nSPS) is 11.0. The molecule has 2 aromatic carbocycles. The van der Waals surface area contributed by atoms with Gasteiger partial charge in [-0.3, -0.25) is 4.79 Å². The SMILES string of the molecule is Cc1ccc(OCCN(C)CCC(=O)Nc2c(C)nn(-c3ccccc3)c2C)cc1. The molecule has 6 heteroatoms. The molecule has 0 spiro atoms. The van der Waals surface area contributed by atoms with E-state index in [9.17, 15) is 4.79 Å². The molecule has 1 heterocycles. The topological polar surface area (TPSA) is 59.4 Å². The molecule has 0 saturated carbocycles. The average Bonchev–Trinajstić information content (AvgIpc) is 3.02. The van der Waals surface area contributed by atoms with Crippen molar-refractivity contribution in [2.75, 3.05) is 32.1 Å². The summed E-state index contributed by atoms with van der Waals surface area (Å²) in [6.07, 6.45) is 0.413. The summed E-state index contributed by atoms with van der Waals surface area (Å²) in [6, 6.07) is 17.9. The number of hydrogen-bond acceptors (Lipinski definition) is 4. The van der Waals surface area contributed by atoms with Gasteiger partial charge in [0, 0.05) is 19.5 Å². The van der Waals surface area contributed by atoms with Crippen molar-refractivity contribution in [3.05, 3.63) is 71.5 Å². The van der Waals surface area contributed by atoms with Gasteiger partial charge in [-0.1, -0.05) is 35.9 Å². The minimum atomic E-state index is -0.0138. The Morgan fingerprint density at radius 1 is 1.03 bits per heavy atom. The minimum absolute atomic E-state index is 0.0138. The van der Waals surface area contributed by atoms with Gasteiger partial charge in [-0.15, -0.1) is 0 Å². The largest absolute Gasteiger partial charge is 0.492 e. The fraction of sp³-hybridized carbons (Fsp3) is 0.333. The Morgan fingerprint density at radius 3 is 2.43 bits per heavy atom. The van der Waals surface area contributed by atoms with Crippen molar-refractivity contribution in [2.45, 2.75) is 27.2 Å². The summed E-state index contributed by atoms with van der Waals surface area (Å²) in [5.41, 5.74) is 4.71. The Bertz CT molecular complexity index is 965. The molecule has 1 N–H and O–H groups in total. The van der Waals surface area contributed by atoms with Crippen LogP contribution >= 0.6 is 0 Å². The van der Waals surface area contributed by atoms with Gasteiger partial charge in [0.25, 0.3) is 0 Å². The van der Waals surface area contributed by atoms with Crippen LogP contribution in [-0.2, 0) is 4.79 Å². The zero-order chi connectivity index (χ0) is 21.5. The quantitative estimate of drug-likeness (QED) is 0.580. The lowest BCUT2D eigenvalue weighted by Crippen LogP contribution is -2.28. The number of carbonyl (C=O) groups excluding carboxylic acids is 1. The predicted molar refractivity (Wildman–Crippen MR) is 120 cm³/mol. The molecule has 0 atom stereocenters. The molecule has 0 saturated heterocycles. The van der Waals surface area contributed by atoms with Gasteiger partial charge in [0.15, 0.2) is 0 Å². The van der Waals surface area contributed by atoms with E-state index in [4.69, 9.17) is 4.74 Å². The van der Waals surface area contributed by atoms with E-state index in [1.165, 1.54) is 5.56 Å². The standard InChI is InChI=1S/C24H30N4O2/c1-18-10-12-22(13-11-18)30-17-16-27(4)15-14-23(29)25-24-19(2)26-28(20(24)3)21-8-6-5-7-9-21/h5-13H,14-17H2,1-4H3,(H,25,29). The summed E-state index contributed by atoms with van der Waals surface area (Å²) in [7, 11) is 2.00. The van der Waals surface area contributed by atoms with Crippen molar-refractivity contribution in [2.24, 2.45) is 0 Å². The molecule has 3 aromatic rings. The van der Waals surface area contributed by atoms with Crippen molar-refractivity contribution >= 4 is 11.6 Å². The molecule has 0 unspecified atom stereocenters. The number of nitrogens with one attached hydrogen (secondary N) is 1. The van der Waals surface area contributed by atoms with E-state index >= 15 is 0 Å². The third-order valence-corrected chi connectivity index (χ3v) is 5.04. The van der Waals surface area contributed by atoms with Crippen molar-refractivity contribution < 1.29 is 9.53 Å². The molecule has 0 radical (unpaired) electrons. The second-order valence-electron chi connectivity index (χ2n) is 7.56. The number of likely N-dealkylation sites (N-methyl/N-ethyl adjacent to an activating group) is 1. The first-order valence-corrected chi connectivity index (χ1v) is 10.2. The van der Waals surface area contributed by atoms with Crippen LogP contribution in [-0.4, -0.2) is 47.3 Å². The minimum Gasteiger partial charge on any atom is -0.492 e. The van der Waals surface area contributed by atoms with Gasteiger partial charge in [-0.2, -0.15) is 5.10 Å². The zero-order valence-electron chi connectivity index (χ0n) is 18.2. The van der Waals surface area contributed by atoms with Crippen LogP contribution in [0.3, 0.4) is 0 Å². The highest BCUT2D eigenvalue weighted by molar-refractivity contribution is 5.92. The van der Waals surface area contributed by atoms with Crippen LogP contribution in [0, 0.1) is 20.8 Å². The number of para-hydroxylation sites is 1. The third-order valence-electron chi connectivity index (χ3n) is 5.04. The van der Waals surface area contributed by atoms with Crippen LogP contribution in [0.15, 0.2) is 54.6 Å². The summed E-state index contributed by atoms with van der Waals surface area (Å²) in [4.78, 5) is 14.6. The summed E-state index contributed by atoms with van der Waals surface area (Å²) in [6.45, 7) is 7.94. The molecular weight excluding hydrogens is 376 g/mol. The Hall–Kier alpha value is -3.12. The molecule has 0 aliphatic heterocycles. The van der Waals surface area contributed by atoms with Crippen molar-refractivity contribution in [1.82, 2.24) is 14.7 Å². The second-order valence-corrected chi connectivity index (χ2v) is 7.56. The Balaban J connectivity index is 1.46. The molecule has 0 bridgehead atoms. The lowest BCUT2D eigenvalue weighted by molar-refractivity contribution is -0.116. The Labute approximate surface area is 178 Å². The van der Waals surface area contributed by atoms with Gasteiger partial charge in [-0.05, 0) is 52.1 Å². The molecule has 6 nitrogen and oxygen atoms in total. The van der Waals surface area contributed by atoms with Gasteiger partial charge in [-0.25, -0.2) is 4.68 Å². The third kappa shape index (κ3) is 5.70. The van der Waals surface area contributed by atoms with Crippen molar-refractivity contribution in [3.8, 4) is 11.4 Å². The predicted octanol–water partition coefficient (Wildman–Crippen LogP) is 4.14. The number of aryl methyl sites for hydroxylation is 2. The van der Waals surface area contributed by atoms with E-state index in [1.807, 2.05) is 80.2 Å². The van der Waals surface area contributed by atoms with E-state index in [1.54, 1.807) is 0 Å². The average molecular weight is 407 g/mol. The first-order chi connectivity index (χ1) is 14.4. The van der Waals surface area contributed by atoms with Crippen LogP contribution in [0.1, 0.15) is 23.4 Å². The van der Waals surface area contributed by atoms with Gasteiger partial charge >= 0.3 is 0 Å². The molecule has 1 amide bonds. The highest BCUT2D eigenvalue weighted by atomic mass is 16.5. The van der Waals surface area contributed by atoms with Gasteiger partial charge in [0.1, 0.15) is 12.4 Å². The van der Waals surface area contributed by atoms with Gasteiger partial charge in [0.2, 0.25) is 5.91 Å². The number of anilines is 1. The number of hydrogen-bond donors (Lipinski definition) is 1. The zero-order valence-corrected chi connectivity index (χ0v) is 18.2. The smallest absolute Gasteiger partial charge is 0.225 e. The van der Waals surface area contributed by atoms with Gasteiger partial charge in [0.05, 0.1) is 22.8 Å². The monoisotopic (exact) mass is 406 g/mol. The summed E-state index contributed by atoms with van der Waals surface area (Å²) < 4.78 is 7.62. The number of aromatic nitrogens is 2. The number of carbonyl (C=O) groups is 1. The Morgan fingerprint density at radius 2 is 1.73 bits per heavy atom. The molecule has 3 rings (SSSR count). The summed E-state index contributed by atoms with van der Waals surface area (Å²) in [5.74, 6) is 0.855. The highest BCUT2D eigenvalue weighted by Crippen LogP contribution is 2.22. The van der Waals surface area contributed by atoms with E-state index in [-0.39, 0.29) is 5.91 Å². The van der Waals surface area contributed by atoms with Crippen molar-refractivity contribution in [3.63, 3.8) is 0 Å². The van der Waals surface area contributed by atoms with E-state index < -0.39 is 0 Å². The summed E-state index contributed by atoms with van der Waals surface area (Å²) in [5, 5.41) is 7.61. The fourth-order valence-electron chi connectivity index (χ4n) is 3.20. The maximum atomic E-state index is 12.5. The van der Waals surface area contributed by atoms with E-state index in [2.05, 4.69) is 22.2 Å². The maximum absolute atomic E-state index is 12.5. The number of nitrogens with zero attached hydrogens (tertiary/aromatic N) is 3. The lowest BCUT2D eigenvalue weighted by atomic mass is 10.2. The lowest BCUT2D eigenvalue weighted by Gasteiger charge is -2.17. The number of benzene rings is 2. The molecule has 158 valence electrons.